The maximum Gasteiger partial charge on any atom is 0.0643 e. The Balaban J connectivity index is 2.06. The fourth-order valence-corrected chi connectivity index (χ4v) is 2.09. The summed E-state index contributed by atoms with van der Waals surface area (Å²) in [5.74, 6) is 0. The molecule has 1 fully saturated rings. The van der Waals surface area contributed by atoms with Gasteiger partial charge < -0.3 is 10.1 Å². The van der Waals surface area contributed by atoms with Crippen LogP contribution >= 0.6 is 0 Å². The van der Waals surface area contributed by atoms with Gasteiger partial charge in [-0.05, 0) is 31.9 Å². The molecule has 0 spiro atoms. The van der Waals surface area contributed by atoms with Crippen LogP contribution in [0.25, 0.3) is 0 Å². The molecule has 0 radical (unpaired) electrons. The first-order valence-electron chi connectivity index (χ1n) is 5.58. The monoisotopic (exact) mass is 205 g/mol. The third kappa shape index (κ3) is 2.39. The maximum absolute atomic E-state index is 5.16. The summed E-state index contributed by atoms with van der Waals surface area (Å²) in [7, 11) is 0. The molecule has 1 aromatic rings. The summed E-state index contributed by atoms with van der Waals surface area (Å²) in [4.78, 5) is 0. The zero-order chi connectivity index (χ0) is 10.8. The van der Waals surface area contributed by atoms with Crippen molar-refractivity contribution in [2.45, 2.75) is 32.9 Å². The lowest BCUT2D eigenvalue weighted by atomic mass is 9.99. The van der Waals surface area contributed by atoms with Gasteiger partial charge in [-0.25, -0.2) is 0 Å². The molecule has 0 aromatic heterocycles. The normalized spacial score (nSPS) is 18.6. The highest BCUT2D eigenvalue weighted by Crippen LogP contribution is 2.20. The third-order valence-corrected chi connectivity index (χ3v) is 3.02. The predicted molar refractivity (Wildman–Crippen MR) is 62.1 cm³/mol. The van der Waals surface area contributed by atoms with Gasteiger partial charge in [-0.15, -0.1) is 0 Å². The van der Waals surface area contributed by atoms with E-state index in [2.05, 4.69) is 44.3 Å². The Bertz CT molecular complexity index is 344. The molecule has 2 heteroatoms. The molecule has 1 unspecified atom stereocenters. The lowest BCUT2D eigenvalue weighted by Gasteiger charge is -2.30. The summed E-state index contributed by atoms with van der Waals surface area (Å²) in [6.45, 7) is 8.24. The summed E-state index contributed by atoms with van der Waals surface area (Å²) in [5, 5.41) is 3.57. The van der Waals surface area contributed by atoms with Gasteiger partial charge in [0.2, 0.25) is 0 Å². The highest BCUT2D eigenvalue weighted by Gasteiger charge is 2.20. The van der Waals surface area contributed by atoms with Crippen molar-refractivity contribution in [1.29, 1.82) is 0 Å². The first-order chi connectivity index (χ1) is 7.16. The Kier molecular flexibility index (Phi) is 3.08. The second-order valence-electron chi connectivity index (χ2n) is 4.48. The summed E-state index contributed by atoms with van der Waals surface area (Å²) in [6, 6.07) is 7.60. The lowest BCUT2D eigenvalue weighted by Crippen LogP contribution is -2.46. The minimum absolute atomic E-state index is 0.416. The van der Waals surface area contributed by atoms with Gasteiger partial charge in [-0.1, -0.05) is 23.8 Å². The highest BCUT2D eigenvalue weighted by molar-refractivity contribution is 5.32. The molecule has 82 valence electrons. The van der Waals surface area contributed by atoms with Crippen molar-refractivity contribution in [3.05, 3.63) is 34.9 Å². The Morgan fingerprint density at radius 1 is 1.33 bits per heavy atom. The molecule has 1 aromatic carbocycles. The van der Waals surface area contributed by atoms with E-state index in [-0.39, 0.29) is 0 Å². The van der Waals surface area contributed by atoms with E-state index in [0.717, 1.165) is 13.2 Å². The van der Waals surface area contributed by atoms with Crippen LogP contribution in [0.3, 0.4) is 0 Å². The Morgan fingerprint density at radius 3 is 2.60 bits per heavy atom. The van der Waals surface area contributed by atoms with Crippen molar-refractivity contribution in [2.75, 3.05) is 13.2 Å². The topological polar surface area (TPSA) is 21.3 Å². The molecule has 1 N–H and O–H groups in total. The number of rotatable bonds is 3. The van der Waals surface area contributed by atoms with Crippen LogP contribution in [0.1, 0.15) is 29.7 Å². The molecule has 0 amide bonds. The molecule has 1 heterocycles. The van der Waals surface area contributed by atoms with Crippen LogP contribution in [0.5, 0.6) is 0 Å². The second kappa shape index (κ2) is 4.33. The van der Waals surface area contributed by atoms with E-state index in [0.29, 0.717) is 12.1 Å². The van der Waals surface area contributed by atoms with Crippen LogP contribution in [0, 0.1) is 13.8 Å². The zero-order valence-corrected chi connectivity index (χ0v) is 9.71. The Hall–Kier alpha value is -0.860. The summed E-state index contributed by atoms with van der Waals surface area (Å²) in [6.07, 6.45) is 0. The van der Waals surface area contributed by atoms with E-state index in [9.17, 15) is 0 Å². The summed E-state index contributed by atoms with van der Waals surface area (Å²) in [5.41, 5.74) is 4.10. The molecule has 15 heavy (non-hydrogen) atoms. The fraction of sp³-hybridized carbons (Fsp3) is 0.538. The van der Waals surface area contributed by atoms with Crippen molar-refractivity contribution in [3.8, 4) is 0 Å². The predicted octanol–water partition coefficient (Wildman–Crippen LogP) is 2.35. The van der Waals surface area contributed by atoms with Crippen LogP contribution in [0.15, 0.2) is 18.2 Å². The summed E-state index contributed by atoms with van der Waals surface area (Å²) >= 11 is 0. The Morgan fingerprint density at radius 2 is 2.07 bits per heavy atom. The number of benzene rings is 1. The fourth-order valence-electron chi connectivity index (χ4n) is 2.09. The standard InChI is InChI=1S/C13H19NO/c1-9-4-5-13(10(2)6-9)11(3)14-12-7-15-8-12/h4-6,11-12,14H,7-8H2,1-3H3. The number of ether oxygens (including phenoxy) is 1. The number of hydrogen-bond acceptors (Lipinski definition) is 2. The van der Waals surface area contributed by atoms with E-state index in [1.54, 1.807) is 0 Å². The molecule has 0 aliphatic carbocycles. The van der Waals surface area contributed by atoms with Gasteiger partial charge in [0, 0.05) is 6.04 Å². The van der Waals surface area contributed by atoms with Crippen LogP contribution in [0.4, 0.5) is 0 Å². The smallest absolute Gasteiger partial charge is 0.0643 e. The molecule has 1 atom stereocenters. The van der Waals surface area contributed by atoms with Gasteiger partial charge in [0.15, 0.2) is 0 Å². The second-order valence-corrected chi connectivity index (χ2v) is 4.48. The molecular formula is C13H19NO. The lowest BCUT2D eigenvalue weighted by molar-refractivity contribution is -0.00928. The average molecular weight is 205 g/mol. The van der Waals surface area contributed by atoms with Crippen LogP contribution in [-0.2, 0) is 4.74 Å². The van der Waals surface area contributed by atoms with Crippen LogP contribution in [0.2, 0.25) is 0 Å². The molecular weight excluding hydrogens is 186 g/mol. The minimum Gasteiger partial charge on any atom is -0.378 e. The van der Waals surface area contributed by atoms with E-state index >= 15 is 0 Å². The molecule has 2 rings (SSSR count). The number of hydrogen-bond donors (Lipinski definition) is 1. The first kappa shape index (κ1) is 10.7. The van der Waals surface area contributed by atoms with Gasteiger partial charge >= 0.3 is 0 Å². The van der Waals surface area contributed by atoms with Gasteiger partial charge in [0.05, 0.1) is 19.3 Å². The Labute approximate surface area is 91.6 Å². The van der Waals surface area contributed by atoms with Gasteiger partial charge in [0.1, 0.15) is 0 Å². The van der Waals surface area contributed by atoms with Crippen LogP contribution in [-0.4, -0.2) is 19.3 Å². The van der Waals surface area contributed by atoms with E-state index < -0.39 is 0 Å². The van der Waals surface area contributed by atoms with Gasteiger partial charge in [0.25, 0.3) is 0 Å². The highest BCUT2D eigenvalue weighted by atomic mass is 16.5. The van der Waals surface area contributed by atoms with Crippen molar-refractivity contribution in [2.24, 2.45) is 0 Å². The number of nitrogens with one attached hydrogen (secondary N) is 1. The van der Waals surface area contributed by atoms with Crippen LogP contribution < -0.4 is 5.32 Å². The zero-order valence-electron chi connectivity index (χ0n) is 9.71. The molecule has 0 bridgehead atoms. The molecule has 1 saturated heterocycles. The minimum atomic E-state index is 0.416. The molecule has 0 saturated carbocycles. The number of aryl methyl sites for hydroxylation is 2. The molecule has 1 aliphatic heterocycles. The van der Waals surface area contributed by atoms with Crippen molar-refractivity contribution >= 4 is 0 Å². The van der Waals surface area contributed by atoms with Gasteiger partial charge in [-0.3, -0.25) is 0 Å². The molecule has 2 nitrogen and oxygen atoms in total. The van der Waals surface area contributed by atoms with Crippen molar-refractivity contribution in [3.63, 3.8) is 0 Å². The largest absolute Gasteiger partial charge is 0.378 e. The average Bonchev–Trinajstić information content (AvgIpc) is 2.11. The SMILES string of the molecule is Cc1ccc(C(C)NC2COC2)c(C)c1. The third-order valence-electron chi connectivity index (χ3n) is 3.02. The molecule has 1 aliphatic rings. The van der Waals surface area contributed by atoms with Gasteiger partial charge in [-0.2, -0.15) is 0 Å². The van der Waals surface area contributed by atoms with Crippen molar-refractivity contribution in [1.82, 2.24) is 5.32 Å². The summed E-state index contributed by atoms with van der Waals surface area (Å²) < 4.78 is 5.16. The first-order valence-corrected chi connectivity index (χ1v) is 5.58. The maximum atomic E-state index is 5.16. The van der Waals surface area contributed by atoms with E-state index in [1.165, 1.54) is 16.7 Å². The van der Waals surface area contributed by atoms with Crippen molar-refractivity contribution < 1.29 is 4.74 Å². The van der Waals surface area contributed by atoms with E-state index in [4.69, 9.17) is 4.74 Å². The van der Waals surface area contributed by atoms with E-state index in [1.807, 2.05) is 0 Å². The quantitative estimate of drug-likeness (QED) is 0.818.